The predicted molar refractivity (Wildman–Crippen MR) is 69.3 cm³/mol. The average Bonchev–Trinajstić information content (AvgIpc) is 2.62. The van der Waals surface area contributed by atoms with Gasteiger partial charge in [-0.3, -0.25) is 4.79 Å². The predicted octanol–water partition coefficient (Wildman–Crippen LogP) is 3.09. The van der Waals surface area contributed by atoms with Crippen molar-refractivity contribution in [2.45, 2.75) is 0 Å². The summed E-state index contributed by atoms with van der Waals surface area (Å²) in [5.41, 5.74) is 0.0118. The van der Waals surface area contributed by atoms with Crippen LogP contribution in [-0.2, 0) is 0 Å². The molecule has 17 heavy (non-hydrogen) atoms. The highest BCUT2D eigenvalue weighted by atomic mass is 16.3. The highest BCUT2D eigenvalue weighted by Gasteiger charge is 2.15. The van der Waals surface area contributed by atoms with Gasteiger partial charge in [0, 0.05) is 21.5 Å². The molecule has 0 aromatic heterocycles. The van der Waals surface area contributed by atoms with E-state index in [1.807, 2.05) is 30.3 Å². The second-order valence-corrected chi connectivity index (χ2v) is 4.39. The van der Waals surface area contributed by atoms with Gasteiger partial charge in [-0.1, -0.05) is 30.3 Å². The molecule has 0 atom stereocenters. The van der Waals surface area contributed by atoms with Crippen molar-refractivity contribution in [3.05, 3.63) is 52.7 Å². The first kappa shape index (κ1) is 8.76. The van der Waals surface area contributed by atoms with Gasteiger partial charge < -0.3 is 5.11 Å². The molecule has 0 saturated carbocycles. The van der Waals surface area contributed by atoms with Crippen LogP contribution in [0.4, 0.5) is 0 Å². The molecular formula is C15H8O2. The Morgan fingerprint density at radius 1 is 0.824 bits per heavy atom. The van der Waals surface area contributed by atoms with Gasteiger partial charge in [-0.15, -0.1) is 0 Å². The maximum absolute atomic E-state index is 12.2. The standard InChI is InChI=1S/C15H8O2/c16-10-6-9-5-4-8-2-1-3-11-13(8)14(9)12(7-10)15(11)17/h1-7,16H. The maximum Gasteiger partial charge on any atom is 0.194 e. The molecule has 0 fully saturated rings. The van der Waals surface area contributed by atoms with Crippen LogP contribution in [0, 0.1) is 0 Å². The summed E-state index contributed by atoms with van der Waals surface area (Å²) in [4.78, 5) is 12.2. The number of phenolic OH excluding ortho intramolecular Hbond substituents is 1. The highest BCUT2D eigenvalue weighted by molar-refractivity contribution is 6.25. The van der Waals surface area contributed by atoms with Gasteiger partial charge in [0.1, 0.15) is 5.75 Å². The van der Waals surface area contributed by atoms with E-state index >= 15 is 0 Å². The summed E-state index contributed by atoms with van der Waals surface area (Å²) in [6.45, 7) is 0. The number of hydrogen-bond donors (Lipinski definition) is 1. The first-order valence-electron chi connectivity index (χ1n) is 5.49. The smallest absolute Gasteiger partial charge is 0.194 e. The summed E-state index contributed by atoms with van der Waals surface area (Å²) in [5, 5.41) is 15.0. The quantitative estimate of drug-likeness (QED) is 0.462. The van der Waals surface area contributed by atoms with E-state index in [1.165, 1.54) is 0 Å². The Morgan fingerprint density at radius 3 is 2.47 bits per heavy atom. The third-order valence-corrected chi connectivity index (χ3v) is 3.43. The molecule has 0 saturated heterocycles. The van der Waals surface area contributed by atoms with Gasteiger partial charge in [-0.2, -0.15) is 0 Å². The lowest BCUT2D eigenvalue weighted by atomic mass is 10.0. The third kappa shape index (κ3) is 0.929. The van der Waals surface area contributed by atoms with Crippen molar-refractivity contribution in [1.82, 2.24) is 0 Å². The fourth-order valence-electron chi connectivity index (χ4n) is 2.74. The van der Waals surface area contributed by atoms with Crippen LogP contribution < -0.4 is 5.43 Å². The summed E-state index contributed by atoms with van der Waals surface area (Å²) in [6, 6.07) is 13.0. The molecule has 1 N–H and O–H groups in total. The van der Waals surface area contributed by atoms with Gasteiger partial charge in [0.05, 0.1) is 0 Å². The van der Waals surface area contributed by atoms with Crippen LogP contribution in [0.5, 0.6) is 5.75 Å². The Labute approximate surface area is 96.4 Å². The van der Waals surface area contributed by atoms with Crippen LogP contribution in [0.2, 0.25) is 0 Å². The van der Waals surface area contributed by atoms with E-state index < -0.39 is 0 Å². The summed E-state index contributed by atoms with van der Waals surface area (Å²) in [7, 11) is 0. The van der Waals surface area contributed by atoms with Gasteiger partial charge in [0.15, 0.2) is 5.43 Å². The Balaban J connectivity index is 2.56. The van der Waals surface area contributed by atoms with E-state index in [9.17, 15) is 9.90 Å². The number of phenols is 1. The molecule has 0 unspecified atom stereocenters. The molecule has 0 aliphatic rings. The Hall–Kier alpha value is -2.35. The highest BCUT2D eigenvalue weighted by Crippen LogP contribution is 2.35. The van der Waals surface area contributed by atoms with Crippen LogP contribution in [0.3, 0.4) is 0 Å². The van der Waals surface area contributed by atoms with Gasteiger partial charge in [0.2, 0.25) is 0 Å². The zero-order valence-electron chi connectivity index (χ0n) is 8.90. The molecule has 2 nitrogen and oxygen atoms in total. The van der Waals surface area contributed by atoms with Crippen molar-refractivity contribution >= 4 is 32.3 Å². The second kappa shape index (κ2) is 2.66. The molecule has 80 valence electrons. The molecule has 0 bridgehead atoms. The first-order valence-corrected chi connectivity index (χ1v) is 5.49. The Morgan fingerprint density at radius 2 is 1.59 bits per heavy atom. The number of hydrogen-bond acceptors (Lipinski definition) is 2. The van der Waals surface area contributed by atoms with Crippen LogP contribution in [-0.4, -0.2) is 5.11 Å². The fourth-order valence-corrected chi connectivity index (χ4v) is 2.74. The monoisotopic (exact) mass is 220 g/mol. The molecule has 0 amide bonds. The summed E-state index contributed by atoms with van der Waals surface area (Å²) >= 11 is 0. The Kier molecular flexibility index (Phi) is 1.37. The normalized spacial score (nSPS) is 12.0. The van der Waals surface area contributed by atoms with Crippen molar-refractivity contribution in [2.75, 3.05) is 0 Å². The molecule has 0 radical (unpaired) electrons. The van der Waals surface area contributed by atoms with E-state index in [0.717, 1.165) is 26.9 Å². The molecule has 0 heterocycles. The molecule has 0 aliphatic carbocycles. The zero-order valence-corrected chi connectivity index (χ0v) is 8.90. The zero-order chi connectivity index (χ0) is 11.6. The molecule has 4 rings (SSSR count). The minimum atomic E-state index is 0.0118. The first-order chi connectivity index (χ1) is 8.25. The summed E-state index contributed by atoms with van der Waals surface area (Å²) in [6.07, 6.45) is 0. The Bertz CT molecular complexity index is 909. The molecule has 0 aliphatic heterocycles. The van der Waals surface area contributed by atoms with E-state index in [2.05, 4.69) is 0 Å². The van der Waals surface area contributed by atoms with Crippen molar-refractivity contribution < 1.29 is 5.11 Å². The van der Waals surface area contributed by atoms with Crippen molar-refractivity contribution in [1.29, 1.82) is 0 Å². The van der Waals surface area contributed by atoms with Crippen LogP contribution in [0.25, 0.3) is 32.3 Å². The van der Waals surface area contributed by atoms with Crippen molar-refractivity contribution in [3.8, 4) is 5.75 Å². The largest absolute Gasteiger partial charge is 0.508 e. The lowest BCUT2D eigenvalue weighted by molar-refractivity contribution is 0.477. The van der Waals surface area contributed by atoms with Crippen LogP contribution >= 0.6 is 0 Å². The molecular weight excluding hydrogens is 212 g/mol. The lowest BCUT2D eigenvalue weighted by Gasteiger charge is -2.02. The van der Waals surface area contributed by atoms with Gasteiger partial charge in [-0.25, -0.2) is 0 Å². The van der Waals surface area contributed by atoms with Gasteiger partial charge in [0.25, 0.3) is 0 Å². The average molecular weight is 220 g/mol. The van der Waals surface area contributed by atoms with E-state index in [-0.39, 0.29) is 11.2 Å². The van der Waals surface area contributed by atoms with Crippen LogP contribution in [0.15, 0.2) is 47.3 Å². The number of benzene rings is 3. The number of rotatable bonds is 0. The van der Waals surface area contributed by atoms with Gasteiger partial charge >= 0.3 is 0 Å². The van der Waals surface area contributed by atoms with E-state index in [1.54, 1.807) is 12.1 Å². The minimum Gasteiger partial charge on any atom is -0.508 e. The summed E-state index contributed by atoms with van der Waals surface area (Å²) in [5.74, 6) is 0.146. The topological polar surface area (TPSA) is 37.3 Å². The SMILES string of the molecule is O=c1c2cccc3ccc4cc(O)cc1c4c32. The van der Waals surface area contributed by atoms with Crippen molar-refractivity contribution in [2.24, 2.45) is 0 Å². The molecule has 4 aromatic carbocycles. The summed E-state index contributed by atoms with van der Waals surface area (Å²) < 4.78 is 0. The van der Waals surface area contributed by atoms with E-state index in [4.69, 9.17) is 0 Å². The van der Waals surface area contributed by atoms with Crippen LogP contribution in [0.1, 0.15) is 0 Å². The molecule has 2 heteroatoms. The molecule has 4 aromatic rings. The maximum atomic E-state index is 12.2. The van der Waals surface area contributed by atoms with Gasteiger partial charge in [-0.05, 0) is 22.9 Å². The fraction of sp³-hybridized carbons (Fsp3) is 0. The third-order valence-electron chi connectivity index (χ3n) is 3.43. The molecule has 0 spiro atoms. The number of aromatic hydroxyl groups is 1. The van der Waals surface area contributed by atoms with Crippen molar-refractivity contribution in [3.63, 3.8) is 0 Å². The lowest BCUT2D eigenvalue weighted by Crippen LogP contribution is -1.92. The van der Waals surface area contributed by atoms with E-state index in [0.29, 0.717) is 5.39 Å². The minimum absolute atomic E-state index is 0.0118. The second-order valence-electron chi connectivity index (χ2n) is 4.39.